The molecule has 0 aliphatic carbocycles. The summed E-state index contributed by atoms with van der Waals surface area (Å²) in [6.45, 7) is 7.89. The van der Waals surface area contributed by atoms with Gasteiger partial charge < -0.3 is 14.2 Å². The van der Waals surface area contributed by atoms with Crippen LogP contribution in [0.15, 0.2) is 24.3 Å². The zero-order valence-electron chi connectivity index (χ0n) is 47.8. The summed E-state index contributed by atoms with van der Waals surface area (Å²) in [5.41, 5.74) is 0. The van der Waals surface area contributed by atoms with Crippen molar-refractivity contribution in [2.45, 2.75) is 361 Å². The van der Waals surface area contributed by atoms with E-state index in [0.29, 0.717) is 26.1 Å². The lowest BCUT2D eigenvalue weighted by Gasteiger charge is -2.18. The molecule has 0 aromatic rings. The molecule has 70 heavy (non-hydrogen) atoms. The molecule has 0 bridgehead atoms. The molecule has 0 aliphatic rings. The van der Waals surface area contributed by atoms with Gasteiger partial charge in [-0.25, -0.2) is 0 Å². The first kappa shape index (κ1) is 68.4. The van der Waals surface area contributed by atoms with Gasteiger partial charge in [0.25, 0.3) is 0 Å². The molecule has 0 aliphatic heterocycles. The zero-order chi connectivity index (χ0) is 50.6. The molecule has 5 heteroatoms. The number of carbonyl (C=O) groups is 2. The molecule has 0 amide bonds. The fraction of sp³-hybridized carbons (Fsp3) is 0.908. The van der Waals surface area contributed by atoms with Crippen LogP contribution in [-0.4, -0.2) is 37.9 Å². The average molecular weight is 986 g/mol. The molecular weight excluding hydrogens is 861 g/mol. The molecule has 414 valence electrons. The van der Waals surface area contributed by atoms with Crippen molar-refractivity contribution < 1.29 is 23.8 Å². The van der Waals surface area contributed by atoms with Crippen molar-refractivity contribution >= 4 is 11.9 Å². The SMILES string of the molecule is CCCCC/C=C\C/C=C\CCCCCCCCCCCC(=O)OCC(COCCCCCCCCCCCCCCCCCCCC)OC(=O)CCCCCCCCCCCCCCCCCCC. The lowest BCUT2D eigenvalue weighted by Crippen LogP contribution is -2.30. The Kier molecular flexibility index (Phi) is 60.3. The van der Waals surface area contributed by atoms with Crippen LogP contribution in [0.1, 0.15) is 355 Å². The molecule has 5 nitrogen and oxygen atoms in total. The molecule has 0 aromatic heterocycles. The zero-order valence-corrected chi connectivity index (χ0v) is 47.8. The van der Waals surface area contributed by atoms with E-state index >= 15 is 0 Å². The Labute approximate surface area is 438 Å². The normalized spacial score (nSPS) is 12.2. The molecule has 1 unspecified atom stereocenters. The first-order valence-corrected chi connectivity index (χ1v) is 31.9. The van der Waals surface area contributed by atoms with Gasteiger partial charge in [0.1, 0.15) is 6.61 Å². The minimum atomic E-state index is -0.531. The molecule has 0 heterocycles. The average Bonchev–Trinajstić information content (AvgIpc) is 3.36. The molecule has 0 radical (unpaired) electrons. The Morgan fingerprint density at radius 3 is 0.971 bits per heavy atom. The first-order chi connectivity index (χ1) is 34.6. The fourth-order valence-corrected chi connectivity index (χ4v) is 9.72. The number of unbranched alkanes of at least 4 members (excludes halogenated alkanes) is 45. The van der Waals surface area contributed by atoms with Crippen molar-refractivity contribution in [3.05, 3.63) is 24.3 Å². The fourth-order valence-electron chi connectivity index (χ4n) is 9.72. The number of ether oxygens (including phenoxy) is 3. The van der Waals surface area contributed by atoms with Crippen LogP contribution in [0.5, 0.6) is 0 Å². The highest BCUT2D eigenvalue weighted by molar-refractivity contribution is 5.70. The summed E-state index contributed by atoms with van der Waals surface area (Å²) in [4.78, 5) is 25.6. The largest absolute Gasteiger partial charge is 0.462 e. The first-order valence-electron chi connectivity index (χ1n) is 31.9. The van der Waals surface area contributed by atoms with Crippen LogP contribution in [0.25, 0.3) is 0 Å². The van der Waals surface area contributed by atoms with E-state index in [9.17, 15) is 9.59 Å². The summed E-state index contributed by atoms with van der Waals surface area (Å²) < 4.78 is 17.6. The summed E-state index contributed by atoms with van der Waals surface area (Å²) in [5, 5.41) is 0. The topological polar surface area (TPSA) is 61.8 Å². The standard InChI is InChI=1S/C65H124O5/c1-4-7-10-13-16-19-22-25-28-31-33-35-37-40-43-46-49-52-55-58-64(66)69-62-63(61-68-60-57-54-51-48-45-42-39-36-32-29-26-23-20-17-14-11-8-5-2)70-65(67)59-56-53-50-47-44-41-38-34-30-27-24-21-18-15-12-9-6-3/h16,19,25,28,63H,4-15,17-18,20-24,26-27,29-62H2,1-3H3/b19-16-,28-25-. The highest BCUT2D eigenvalue weighted by Gasteiger charge is 2.18. The predicted octanol–water partition coefficient (Wildman–Crippen LogP) is 21.9. The molecule has 0 spiro atoms. The smallest absolute Gasteiger partial charge is 0.306 e. The third-order valence-corrected chi connectivity index (χ3v) is 14.5. The van der Waals surface area contributed by atoms with E-state index in [1.54, 1.807) is 0 Å². The lowest BCUT2D eigenvalue weighted by molar-refractivity contribution is -0.163. The summed E-state index contributed by atoms with van der Waals surface area (Å²) >= 11 is 0. The van der Waals surface area contributed by atoms with Crippen molar-refractivity contribution in [3.63, 3.8) is 0 Å². The van der Waals surface area contributed by atoms with Gasteiger partial charge in [0, 0.05) is 19.4 Å². The van der Waals surface area contributed by atoms with Gasteiger partial charge in [0.2, 0.25) is 0 Å². The minimum absolute atomic E-state index is 0.0920. The highest BCUT2D eigenvalue weighted by Crippen LogP contribution is 2.18. The second-order valence-electron chi connectivity index (χ2n) is 21.7. The van der Waals surface area contributed by atoms with Gasteiger partial charge in [-0.3, -0.25) is 9.59 Å². The van der Waals surface area contributed by atoms with E-state index in [4.69, 9.17) is 14.2 Å². The summed E-state index contributed by atoms with van der Waals surface area (Å²) in [6, 6.07) is 0. The van der Waals surface area contributed by atoms with Gasteiger partial charge in [-0.1, -0.05) is 315 Å². The van der Waals surface area contributed by atoms with Gasteiger partial charge in [0.05, 0.1) is 6.61 Å². The Bertz CT molecular complexity index is 1070. The maximum absolute atomic E-state index is 12.9. The number of hydrogen-bond donors (Lipinski definition) is 0. The molecular formula is C65H124O5. The summed E-state index contributed by atoms with van der Waals surface area (Å²) in [6.07, 6.45) is 75.0. The number of carbonyl (C=O) groups excluding carboxylic acids is 2. The van der Waals surface area contributed by atoms with Crippen molar-refractivity contribution in [3.8, 4) is 0 Å². The highest BCUT2D eigenvalue weighted by atomic mass is 16.6. The van der Waals surface area contributed by atoms with E-state index in [2.05, 4.69) is 45.1 Å². The van der Waals surface area contributed by atoms with Crippen LogP contribution in [0.3, 0.4) is 0 Å². The van der Waals surface area contributed by atoms with Crippen molar-refractivity contribution in [2.75, 3.05) is 19.8 Å². The predicted molar refractivity (Wildman–Crippen MR) is 307 cm³/mol. The number of rotatable bonds is 60. The molecule has 0 aromatic carbocycles. The van der Waals surface area contributed by atoms with E-state index in [1.165, 1.54) is 283 Å². The molecule has 0 saturated heterocycles. The van der Waals surface area contributed by atoms with Crippen molar-refractivity contribution in [2.24, 2.45) is 0 Å². The number of allylic oxidation sites excluding steroid dienone is 4. The van der Waals surface area contributed by atoms with Crippen molar-refractivity contribution in [1.29, 1.82) is 0 Å². The Hall–Kier alpha value is -1.62. The minimum Gasteiger partial charge on any atom is -0.462 e. The maximum Gasteiger partial charge on any atom is 0.306 e. The number of esters is 2. The van der Waals surface area contributed by atoms with E-state index < -0.39 is 6.10 Å². The monoisotopic (exact) mass is 985 g/mol. The van der Waals surface area contributed by atoms with Crippen LogP contribution < -0.4 is 0 Å². The van der Waals surface area contributed by atoms with E-state index in [1.807, 2.05) is 0 Å². The van der Waals surface area contributed by atoms with Crippen LogP contribution in [0, 0.1) is 0 Å². The molecule has 0 N–H and O–H groups in total. The van der Waals surface area contributed by atoms with Gasteiger partial charge in [-0.15, -0.1) is 0 Å². The Morgan fingerprint density at radius 1 is 0.314 bits per heavy atom. The van der Waals surface area contributed by atoms with E-state index in [-0.39, 0.29) is 18.5 Å². The lowest BCUT2D eigenvalue weighted by atomic mass is 10.0. The second kappa shape index (κ2) is 61.7. The molecule has 0 saturated carbocycles. The molecule has 0 rings (SSSR count). The van der Waals surface area contributed by atoms with Gasteiger partial charge in [-0.05, 0) is 51.4 Å². The Morgan fingerprint density at radius 2 is 0.600 bits per heavy atom. The second-order valence-corrected chi connectivity index (χ2v) is 21.7. The summed E-state index contributed by atoms with van der Waals surface area (Å²) in [5.74, 6) is -0.373. The molecule has 1 atom stereocenters. The quantitative estimate of drug-likeness (QED) is 0.0345. The van der Waals surface area contributed by atoms with Crippen LogP contribution in [0.4, 0.5) is 0 Å². The number of hydrogen-bond acceptors (Lipinski definition) is 5. The van der Waals surface area contributed by atoms with Gasteiger partial charge in [-0.2, -0.15) is 0 Å². The third kappa shape index (κ3) is 58.9. The van der Waals surface area contributed by atoms with Crippen molar-refractivity contribution in [1.82, 2.24) is 0 Å². The van der Waals surface area contributed by atoms with Crippen LogP contribution in [-0.2, 0) is 23.8 Å². The molecule has 0 fully saturated rings. The maximum atomic E-state index is 12.9. The summed E-state index contributed by atoms with van der Waals surface area (Å²) in [7, 11) is 0. The van der Waals surface area contributed by atoms with Gasteiger partial charge in [0.15, 0.2) is 6.10 Å². The van der Waals surface area contributed by atoms with E-state index in [0.717, 1.165) is 38.5 Å². The third-order valence-electron chi connectivity index (χ3n) is 14.5. The van der Waals surface area contributed by atoms with Crippen LogP contribution >= 0.6 is 0 Å². The van der Waals surface area contributed by atoms with Crippen LogP contribution in [0.2, 0.25) is 0 Å². The Balaban J connectivity index is 4.21. The van der Waals surface area contributed by atoms with Gasteiger partial charge >= 0.3 is 11.9 Å².